The smallest absolute Gasteiger partial charge is 0.217 e. The first-order valence-electron chi connectivity index (χ1n) is 9.27. The molecule has 0 spiro atoms. The van der Waals surface area contributed by atoms with E-state index >= 15 is 0 Å². The zero-order chi connectivity index (χ0) is 17.9. The molecule has 1 fully saturated rings. The fraction of sp³-hybridized carbons (Fsp3) is 0.455. The van der Waals surface area contributed by atoms with E-state index in [2.05, 4.69) is 31.9 Å². The second kappa shape index (κ2) is 7.38. The maximum absolute atomic E-state index is 12.4. The summed E-state index contributed by atoms with van der Waals surface area (Å²) < 4.78 is 1.79. The average Bonchev–Trinajstić information content (AvgIpc) is 2.62. The highest BCUT2D eigenvalue weighted by Crippen LogP contribution is 2.42. The third-order valence-electron chi connectivity index (χ3n) is 5.46. The molecule has 1 saturated carbocycles. The first-order chi connectivity index (χ1) is 11.9. The molecule has 0 atom stereocenters. The molecule has 1 aromatic heterocycles. The van der Waals surface area contributed by atoms with Gasteiger partial charge in [0, 0.05) is 18.1 Å². The van der Waals surface area contributed by atoms with Crippen molar-refractivity contribution >= 4 is 5.90 Å². The van der Waals surface area contributed by atoms with Crippen molar-refractivity contribution in [3.8, 4) is 0 Å². The summed E-state index contributed by atoms with van der Waals surface area (Å²) in [5.74, 6) is 1.07. The van der Waals surface area contributed by atoms with E-state index in [1.54, 1.807) is 4.68 Å². The fourth-order valence-corrected chi connectivity index (χ4v) is 3.85. The maximum atomic E-state index is 12.4. The summed E-state index contributed by atoms with van der Waals surface area (Å²) in [6.45, 7) is 7.03. The fourth-order valence-electron chi connectivity index (χ4n) is 3.85. The van der Waals surface area contributed by atoms with Crippen molar-refractivity contribution in [2.24, 2.45) is 16.4 Å². The molecule has 0 unspecified atom stereocenters. The van der Waals surface area contributed by atoms with E-state index in [1.165, 1.54) is 25.7 Å². The Morgan fingerprint density at radius 3 is 2.24 bits per heavy atom. The van der Waals surface area contributed by atoms with Crippen LogP contribution in [0.5, 0.6) is 0 Å². The Hall–Kier alpha value is -2.16. The minimum absolute atomic E-state index is 0.193. The zero-order valence-corrected chi connectivity index (χ0v) is 15.5. The van der Waals surface area contributed by atoms with Gasteiger partial charge < -0.3 is 5.11 Å². The minimum Gasteiger partial charge on any atom is -0.854 e. The third kappa shape index (κ3) is 4.28. The van der Waals surface area contributed by atoms with Gasteiger partial charge in [0.2, 0.25) is 11.9 Å². The van der Waals surface area contributed by atoms with E-state index in [1.807, 2.05) is 48.7 Å². The van der Waals surface area contributed by atoms with Crippen molar-refractivity contribution in [2.75, 3.05) is 0 Å². The Morgan fingerprint density at radius 1 is 0.960 bits per heavy atom. The van der Waals surface area contributed by atoms with Crippen LogP contribution in [0.15, 0.2) is 59.8 Å². The number of nitrogens with zero attached hydrogens (tertiary/aromatic N) is 2. The molecule has 1 aliphatic carbocycles. The molecular weight excluding hydrogens is 308 g/mol. The van der Waals surface area contributed by atoms with Crippen LogP contribution in [0.1, 0.15) is 63.6 Å². The van der Waals surface area contributed by atoms with E-state index in [9.17, 15) is 5.11 Å². The molecule has 0 bridgehead atoms. The second-order valence-electron chi connectivity index (χ2n) is 8.16. The molecule has 0 amide bonds. The van der Waals surface area contributed by atoms with Gasteiger partial charge in [-0.3, -0.25) is 0 Å². The van der Waals surface area contributed by atoms with Crippen LogP contribution >= 0.6 is 0 Å². The van der Waals surface area contributed by atoms with E-state index in [0.717, 1.165) is 11.6 Å². The van der Waals surface area contributed by atoms with Crippen molar-refractivity contribution in [1.82, 2.24) is 0 Å². The molecule has 132 valence electrons. The van der Waals surface area contributed by atoms with Crippen molar-refractivity contribution in [3.63, 3.8) is 0 Å². The third-order valence-corrected chi connectivity index (χ3v) is 5.46. The molecular formula is C22H28N2O. The largest absolute Gasteiger partial charge is 0.854 e. The lowest BCUT2D eigenvalue weighted by Gasteiger charge is -2.36. The van der Waals surface area contributed by atoms with Gasteiger partial charge in [0.15, 0.2) is 0 Å². The molecule has 0 saturated heterocycles. The summed E-state index contributed by atoms with van der Waals surface area (Å²) in [7, 11) is 0. The van der Waals surface area contributed by atoms with Crippen molar-refractivity contribution in [1.29, 1.82) is 0 Å². The number of aromatic nitrogens is 1. The first kappa shape index (κ1) is 17.7. The molecule has 0 N–H and O–H groups in total. The van der Waals surface area contributed by atoms with E-state index < -0.39 is 0 Å². The van der Waals surface area contributed by atoms with Crippen molar-refractivity contribution < 1.29 is 9.78 Å². The quantitative estimate of drug-likeness (QED) is 0.476. The van der Waals surface area contributed by atoms with E-state index in [-0.39, 0.29) is 5.90 Å². The summed E-state index contributed by atoms with van der Waals surface area (Å²) in [6, 6.07) is 15.4. The van der Waals surface area contributed by atoms with Gasteiger partial charge in [0.1, 0.15) is 0 Å². The predicted octanol–water partition coefficient (Wildman–Crippen LogP) is 3.86. The number of hydrogen-bond donors (Lipinski definition) is 0. The number of rotatable bonds is 3. The zero-order valence-electron chi connectivity index (χ0n) is 15.5. The molecule has 0 aliphatic heterocycles. The van der Waals surface area contributed by atoms with Gasteiger partial charge in [-0.05, 0) is 53.7 Å². The first-order valence-corrected chi connectivity index (χ1v) is 9.27. The molecule has 1 aliphatic rings. The van der Waals surface area contributed by atoms with Crippen LogP contribution < -0.4 is 9.78 Å². The Labute approximate surface area is 151 Å². The predicted molar refractivity (Wildman–Crippen MR) is 99.2 cm³/mol. The standard InChI is InChI=1S/C22H28N2O/c1-22(2,3)19-14-12-17(13-15-19)20-11-7-8-16-24(20)23-21(25)18-9-5-4-6-10-18/h4-11,16-17,19H,12-15H2,1-3H3. The molecule has 3 rings (SSSR count). The molecule has 3 heteroatoms. The van der Waals surface area contributed by atoms with Crippen LogP contribution in [0.25, 0.3) is 0 Å². The van der Waals surface area contributed by atoms with Gasteiger partial charge in [0.25, 0.3) is 0 Å². The van der Waals surface area contributed by atoms with Crippen LogP contribution in [0.3, 0.4) is 0 Å². The Balaban J connectivity index is 1.81. The Bertz CT molecular complexity index is 723. The monoisotopic (exact) mass is 336 g/mol. The molecule has 1 aromatic carbocycles. The molecule has 1 heterocycles. The number of benzene rings is 1. The van der Waals surface area contributed by atoms with Crippen LogP contribution in [-0.4, -0.2) is 5.90 Å². The lowest BCUT2D eigenvalue weighted by atomic mass is 9.69. The van der Waals surface area contributed by atoms with Gasteiger partial charge in [-0.2, -0.15) is 0 Å². The molecule has 3 nitrogen and oxygen atoms in total. The summed E-state index contributed by atoms with van der Waals surface area (Å²) in [4.78, 5) is 0. The molecule has 2 aromatic rings. The van der Waals surface area contributed by atoms with Crippen LogP contribution in [-0.2, 0) is 0 Å². The maximum Gasteiger partial charge on any atom is 0.217 e. The minimum atomic E-state index is -0.193. The van der Waals surface area contributed by atoms with Crippen molar-refractivity contribution in [2.45, 2.75) is 52.4 Å². The van der Waals surface area contributed by atoms with Gasteiger partial charge in [0.05, 0.1) is 5.90 Å². The number of pyridine rings is 1. The molecule has 25 heavy (non-hydrogen) atoms. The summed E-state index contributed by atoms with van der Waals surface area (Å²) >= 11 is 0. The SMILES string of the molecule is CC(C)(C)C1CCC(c2cccc[n+]2/N=C(\[O-])c2ccccc2)CC1. The highest BCUT2D eigenvalue weighted by molar-refractivity contribution is 5.89. The highest BCUT2D eigenvalue weighted by Gasteiger charge is 2.33. The van der Waals surface area contributed by atoms with Crippen LogP contribution in [0.4, 0.5) is 0 Å². The Morgan fingerprint density at radius 2 is 1.60 bits per heavy atom. The summed E-state index contributed by atoms with van der Waals surface area (Å²) in [5.41, 5.74) is 2.16. The van der Waals surface area contributed by atoms with Crippen molar-refractivity contribution in [3.05, 3.63) is 66.0 Å². The lowest BCUT2D eigenvalue weighted by molar-refractivity contribution is -0.690. The van der Waals surface area contributed by atoms with E-state index in [0.29, 0.717) is 16.9 Å². The summed E-state index contributed by atoms with van der Waals surface area (Å²) in [6.07, 6.45) is 6.72. The second-order valence-corrected chi connectivity index (χ2v) is 8.16. The van der Waals surface area contributed by atoms with Crippen LogP contribution in [0, 0.1) is 11.3 Å². The van der Waals surface area contributed by atoms with Gasteiger partial charge in [-0.1, -0.05) is 55.8 Å². The molecule has 0 radical (unpaired) electrons. The van der Waals surface area contributed by atoms with Gasteiger partial charge in [-0.15, -0.1) is 0 Å². The average molecular weight is 336 g/mol. The van der Waals surface area contributed by atoms with E-state index in [4.69, 9.17) is 0 Å². The van der Waals surface area contributed by atoms with Gasteiger partial charge >= 0.3 is 0 Å². The lowest BCUT2D eigenvalue weighted by Crippen LogP contribution is -2.39. The normalized spacial score (nSPS) is 22.0. The topological polar surface area (TPSA) is 39.3 Å². The Kier molecular flexibility index (Phi) is 5.22. The van der Waals surface area contributed by atoms with Gasteiger partial charge in [-0.25, -0.2) is 0 Å². The highest BCUT2D eigenvalue weighted by atomic mass is 16.3. The summed E-state index contributed by atoms with van der Waals surface area (Å²) in [5, 5.41) is 16.8. The number of hydrogen-bond acceptors (Lipinski definition) is 2. The van der Waals surface area contributed by atoms with Crippen LogP contribution in [0.2, 0.25) is 0 Å².